The zero-order valence-electron chi connectivity index (χ0n) is 18.3. The van der Waals surface area contributed by atoms with Gasteiger partial charge in [-0.1, -0.05) is 27.7 Å². The van der Waals surface area contributed by atoms with E-state index in [1.165, 1.54) is 38.5 Å². The Kier molecular flexibility index (Phi) is 4.73. The highest BCUT2D eigenvalue weighted by atomic mass is 16.5. The molecule has 3 nitrogen and oxygen atoms in total. The quantitative estimate of drug-likeness (QED) is 0.587. The topological polar surface area (TPSA) is 35.5 Å². The van der Waals surface area contributed by atoms with Crippen LogP contribution in [-0.2, 0) is 14.3 Å². The molecule has 0 aromatic rings. The van der Waals surface area contributed by atoms with Crippen molar-refractivity contribution in [3.05, 3.63) is 0 Å². The van der Waals surface area contributed by atoms with E-state index in [0.717, 1.165) is 30.6 Å². The molecule has 4 aliphatic carbocycles. The molecule has 0 bridgehead atoms. The zero-order valence-corrected chi connectivity index (χ0v) is 18.3. The van der Waals surface area contributed by atoms with Gasteiger partial charge in [-0.25, -0.2) is 0 Å². The van der Waals surface area contributed by atoms with Crippen molar-refractivity contribution < 1.29 is 14.3 Å². The minimum atomic E-state index is -0.105. The molecule has 27 heavy (non-hydrogen) atoms. The highest BCUT2D eigenvalue weighted by molar-refractivity contribution is 5.66. The fraction of sp³-hybridized carbons (Fsp3) is 0.958. The second-order valence-electron chi connectivity index (χ2n) is 11.7. The third kappa shape index (κ3) is 3.07. The summed E-state index contributed by atoms with van der Waals surface area (Å²) >= 11 is 0. The maximum Gasteiger partial charge on any atom is 0.302 e. The molecule has 0 radical (unpaired) electrons. The van der Waals surface area contributed by atoms with Gasteiger partial charge in [-0.05, 0) is 91.3 Å². The summed E-state index contributed by atoms with van der Waals surface area (Å²) < 4.78 is 11.6. The van der Waals surface area contributed by atoms with Crippen molar-refractivity contribution in [3.8, 4) is 0 Å². The second-order valence-corrected chi connectivity index (χ2v) is 11.7. The Morgan fingerprint density at radius 2 is 1.26 bits per heavy atom. The monoisotopic (exact) mass is 376 g/mol. The fourth-order valence-corrected chi connectivity index (χ4v) is 8.78. The predicted molar refractivity (Wildman–Crippen MR) is 107 cm³/mol. The Hall–Kier alpha value is -0.570. The van der Waals surface area contributed by atoms with Gasteiger partial charge >= 0.3 is 5.97 Å². The minimum Gasteiger partial charge on any atom is -0.463 e. The van der Waals surface area contributed by atoms with Gasteiger partial charge in [-0.3, -0.25) is 4.79 Å². The van der Waals surface area contributed by atoms with E-state index in [-0.39, 0.29) is 12.1 Å². The smallest absolute Gasteiger partial charge is 0.302 e. The third-order valence-corrected chi connectivity index (χ3v) is 9.32. The number of esters is 1. The van der Waals surface area contributed by atoms with E-state index in [0.29, 0.717) is 28.3 Å². The molecule has 0 amide bonds. The average molecular weight is 377 g/mol. The number of ether oxygens (including phenoxy) is 2. The summed E-state index contributed by atoms with van der Waals surface area (Å²) in [5.74, 6) is 2.98. The van der Waals surface area contributed by atoms with Gasteiger partial charge in [0.1, 0.15) is 6.10 Å². The molecular formula is C24H40O3. The van der Waals surface area contributed by atoms with Gasteiger partial charge in [0.15, 0.2) is 0 Å². The molecule has 7 atom stereocenters. The van der Waals surface area contributed by atoms with Crippen molar-refractivity contribution >= 4 is 5.97 Å². The molecule has 0 saturated heterocycles. The summed E-state index contributed by atoms with van der Waals surface area (Å²) in [7, 11) is 1.90. The second kappa shape index (κ2) is 6.47. The van der Waals surface area contributed by atoms with E-state index in [4.69, 9.17) is 9.47 Å². The third-order valence-electron chi connectivity index (χ3n) is 9.32. The van der Waals surface area contributed by atoms with E-state index in [9.17, 15) is 4.79 Å². The van der Waals surface area contributed by atoms with Crippen LogP contribution in [0.1, 0.15) is 86.0 Å². The molecule has 1 spiro atoms. The normalized spacial score (nSPS) is 47.5. The average Bonchev–Trinajstić information content (AvgIpc) is 2.94. The van der Waals surface area contributed by atoms with Crippen LogP contribution >= 0.6 is 0 Å². The molecule has 0 aliphatic heterocycles. The molecule has 0 aromatic carbocycles. The maximum absolute atomic E-state index is 11.6. The van der Waals surface area contributed by atoms with Crippen LogP contribution in [0.15, 0.2) is 0 Å². The number of carbonyl (C=O) groups is 1. The molecule has 4 rings (SSSR count). The van der Waals surface area contributed by atoms with Gasteiger partial charge in [0.05, 0.1) is 6.10 Å². The molecule has 4 aliphatic rings. The summed E-state index contributed by atoms with van der Waals surface area (Å²) in [6.07, 6.45) is 10.4. The highest BCUT2D eigenvalue weighted by Crippen LogP contribution is 2.74. The fourth-order valence-electron chi connectivity index (χ4n) is 8.78. The van der Waals surface area contributed by atoms with Gasteiger partial charge in [-0.2, -0.15) is 0 Å². The van der Waals surface area contributed by atoms with Crippen molar-refractivity contribution in [1.82, 2.24) is 0 Å². The van der Waals surface area contributed by atoms with Crippen molar-refractivity contribution in [3.63, 3.8) is 0 Å². The van der Waals surface area contributed by atoms with Gasteiger partial charge in [0.25, 0.3) is 0 Å². The van der Waals surface area contributed by atoms with E-state index < -0.39 is 0 Å². The Balaban J connectivity index is 1.69. The first kappa shape index (κ1) is 19.7. The Labute approximate surface area is 165 Å². The van der Waals surface area contributed by atoms with Crippen molar-refractivity contribution in [2.75, 3.05) is 7.11 Å². The van der Waals surface area contributed by atoms with Crippen LogP contribution in [0.25, 0.3) is 0 Å². The summed E-state index contributed by atoms with van der Waals surface area (Å²) in [6, 6.07) is 0. The first-order valence-electron chi connectivity index (χ1n) is 11.3. The number of methoxy groups -OCH3 is 1. The summed E-state index contributed by atoms with van der Waals surface area (Å²) in [4.78, 5) is 11.6. The van der Waals surface area contributed by atoms with Crippen LogP contribution in [0.3, 0.4) is 0 Å². The molecule has 154 valence electrons. The number of fused-ring (bicyclic) bond motifs is 4. The van der Waals surface area contributed by atoms with Gasteiger partial charge < -0.3 is 9.47 Å². The Morgan fingerprint density at radius 1 is 0.778 bits per heavy atom. The van der Waals surface area contributed by atoms with Crippen molar-refractivity contribution in [2.24, 2.45) is 39.9 Å². The number of carbonyl (C=O) groups excluding carboxylic acids is 1. The first-order chi connectivity index (χ1) is 12.6. The lowest BCUT2D eigenvalue weighted by molar-refractivity contribution is -0.150. The van der Waals surface area contributed by atoms with E-state index >= 15 is 0 Å². The Bertz CT molecular complexity index is 590. The maximum atomic E-state index is 11.6. The Morgan fingerprint density at radius 3 is 1.74 bits per heavy atom. The van der Waals surface area contributed by atoms with Crippen LogP contribution in [0.2, 0.25) is 0 Å². The minimum absolute atomic E-state index is 0.105. The number of hydrogen-bond donors (Lipinski definition) is 0. The number of hydrogen-bond acceptors (Lipinski definition) is 3. The summed E-state index contributed by atoms with van der Waals surface area (Å²) in [5.41, 5.74) is 1.23. The molecule has 0 heterocycles. The SMILES string of the molecule is COC1CCC2C(C1)C1(CC2(C)C)CC(C)(C)C2CCC(OC(C)=O)CC21. The van der Waals surface area contributed by atoms with E-state index in [2.05, 4.69) is 27.7 Å². The number of rotatable bonds is 2. The predicted octanol–water partition coefficient (Wildman–Crippen LogP) is 5.61. The van der Waals surface area contributed by atoms with Crippen LogP contribution in [0.4, 0.5) is 0 Å². The lowest BCUT2D eigenvalue weighted by Crippen LogP contribution is -2.42. The van der Waals surface area contributed by atoms with Crippen LogP contribution in [0.5, 0.6) is 0 Å². The van der Waals surface area contributed by atoms with Crippen LogP contribution < -0.4 is 0 Å². The van der Waals surface area contributed by atoms with Crippen molar-refractivity contribution in [2.45, 2.75) is 98.2 Å². The molecule has 3 heteroatoms. The summed E-state index contributed by atoms with van der Waals surface area (Å²) in [5, 5.41) is 0. The first-order valence-corrected chi connectivity index (χ1v) is 11.3. The lowest BCUT2D eigenvalue weighted by Gasteiger charge is -2.46. The molecule has 0 N–H and O–H groups in total. The lowest BCUT2D eigenvalue weighted by atomic mass is 9.60. The van der Waals surface area contributed by atoms with Gasteiger partial charge in [-0.15, -0.1) is 0 Å². The molecule has 7 unspecified atom stereocenters. The summed E-state index contributed by atoms with van der Waals surface area (Å²) in [6.45, 7) is 11.7. The van der Waals surface area contributed by atoms with E-state index in [1.54, 1.807) is 6.92 Å². The molecular weight excluding hydrogens is 336 g/mol. The largest absolute Gasteiger partial charge is 0.463 e. The van der Waals surface area contributed by atoms with Gasteiger partial charge in [0.2, 0.25) is 0 Å². The van der Waals surface area contributed by atoms with Gasteiger partial charge in [0, 0.05) is 14.0 Å². The molecule has 4 fully saturated rings. The van der Waals surface area contributed by atoms with Crippen LogP contribution in [-0.4, -0.2) is 25.3 Å². The molecule has 4 saturated carbocycles. The van der Waals surface area contributed by atoms with Crippen LogP contribution in [0, 0.1) is 39.9 Å². The molecule has 0 aromatic heterocycles. The van der Waals surface area contributed by atoms with E-state index in [1.807, 2.05) is 7.11 Å². The highest BCUT2D eigenvalue weighted by Gasteiger charge is 2.68. The van der Waals surface area contributed by atoms with Crippen molar-refractivity contribution in [1.29, 1.82) is 0 Å². The zero-order chi connectivity index (χ0) is 19.6. The standard InChI is InChI=1S/C24H40O3/c1-15(25)27-17-8-10-19-21(12-17)24(14-23(19,4)5)13-22(2,3)18-9-7-16(26-6)11-20(18)24/h16-21H,7-14H2,1-6H3.